The molecule has 0 aliphatic rings. The monoisotopic (exact) mass is 485 g/mol. The average Bonchev–Trinajstić information content (AvgIpc) is 2.80. The number of rotatable bonds is 10. The number of hydrogen-bond donors (Lipinski definition) is 1. The zero-order valence-electron chi connectivity index (χ0n) is 19.1. The molecule has 1 N–H and O–H groups in total. The summed E-state index contributed by atoms with van der Waals surface area (Å²) in [6, 6.07) is 11.7. The molecule has 0 aliphatic heterocycles. The van der Waals surface area contributed by atoms with Crippen molar-refractivity contribution in [2.24, 2.45) is 5.92 Å². The van der Waals surface area contributed by atoms with Crippen molar-refractivity contribution in [2.75, 3.05) is 12.3 Å². The lowest BCUT2D eigenvalue weighted by atomic mass is 10.1. The third-order valence-corrected chi connectivity index (χ3v) is 6.38. The normalized spacial score (nSPS) is 11.2. The first-order chi connectivity index (χ1) is 15.8. The summed E-state index contributed by atoms with van der Waals surface area (Å²) in [7, 11) is 0. The number of halogens is 1. The predicted molar refractivity (Wildman–Crippen MR) is 135 cm³/mol. The van der Waals surface area contributed by atoms with Gasteiger partial charge in [-0.05, 0) is 61.2 Å². The van der Waals surface area contributed by atoms with E-state index in [1.165, 1.54) is 11.8 Å². The van der Waals surface area contributed by atoms with Crippen LogP contribution >= 0.6 is 23.4 Å². The van der Waals surface area contributed by atoms with Gasteiger partial charge in [-0.25, -0.2) is 4.98 Å². The van der Waals surface area contributed by atoms with Crippen LogP contribution in [0.3, 0.4) is 0 Å². The van der Waals surface area contributed by atoms with E-state index in [-0.39, 0.29) is 23.0 Å². The number of fused-ring (bicyclic) bond motifs is 1. The molecule has 0 fully saturated rings. The second kappa shape index (κ2) is 11.5. The highest BCUT2D eigenvalue weighted by Crippen LogP contribution is 2.21. The summed E-state index contributed by atoms with van der Waals surface area (Å²) in [5.41, 5.74) is 1.30. The number of carbonyl (C=O) groups excluding carboxylic acids is 2. The van der Waals surface area contributed by atoms with E-state index in [4.69, 9.17) is 11.6 Å². The molecule has 3 aromatic rings. The molecular formula is C25H28ClN3O3S. The fourth-order valence-corrected chi connectivity index (χ4v) is 4.27. The van der Waals surface area contributed by atoms with Crippen LogP contribution in [-0.2, 0) is 6.54 Å². The van der Waals surface area contributed by atoms with E-state index in [2.05, 4.69) is 24.1 Å². The molecule has 3 rings (SSSR count). The fraction of sp³-hybridized carbons (Fsp3) is 0.360. The van der Waals surface area contributed by atoms with Crippen molar-refractivity contribution >= 4 is 46.0 Å². The SMILES string of the molecule is CCCNC(=O)c1ccc2c(=O)n(CCC(C)C)c(SCC(=O)c3ccc(Cl)cc3)nc2c1. The van der Waals surface area contributed by atoms with E-state index in [1.54, 1.807) is 47.0 Å². The summed E-state index contributed by atoms with van der Waals surface area (Å²) in [6.07, 6.45) is 1.64. The first-order valence-corrected chi connectivity index (χ1v) is 12.4. The summed E-state index contributed by atoms with van der Waals surface area (Å²) >= 11 is 7.14. The molecule has 0 radical (unpaired) electrons. The molecule has 0 atom stereocenters. The van der Waals surface area contributed by atoms with Crippen molar-refractivity contribution in [3.05, 3.63) is 69.0 Å². The van der Waals surface area contributed by atoms with Crippen LogP contribution in [0.4, 0.5) is 0 Å². The zero-order chi connectivity index (χ0) is 24.0. The van der Waals surface area contributed by atoms with Gasteiger partial charge in [0.05, 0.1) is 16.7 Å². The first kappa shape index (κ1) is 25.0. The molecule has 33 heavy (non-hydrogen) atoms. The first-order valence-electron chi connectivity index (χ1n) is 11.0. The van der Waals surface area contributed by atoms with E-state index in [0.717, 1.165) is 12.8 Å². The third-order valence-electron chi connectivity index (χ3n) is 5.15. The van der Waals surface area contributed by atoms with Crippen LogP contribution in [0.15, 0.2) is 52.4 Å². The second-order valence-electron chi connectivity index (χ2n) is 8.24. The molecule has 8 heteroatoms. The summed E-state index contributed by atoms with van der Waals surface area (Å²) in [5.74, 6) is 0.273. The molecular weight excluding hydrogens is 458 g/mol. The van der Waals surface area contributed by atoms with Gasteiger partial charge in [0.15, 0.2) is 10.9 Å². The molecule has 0 saturated heterocycles. The Balaban J connectivity index is 1.95. The fourth-order valence-electron chi connectivity index (χ4n) is 3.23. The van der Waals surface area contributed by atoms with Gasteiger partial charge < -0.3 is 5.32 Å². The van der Waals surface area contributed by atoms with Crippen molar-refractivity contribution in [1.82, 2.24) is 14.9 Å². The third kappa shape index (κ3) is 6.45. The Morgan fingerprint density at radius 2 is 1.82 bits per heavy atom. The Bertz CT molecular complexity index is 1210. The standard InChI is InChI=1S/C25H28ClN3O3S/c1-4-12-27-23(31)18-7-10-20-21(14-18)28-25(29(24(20)32)13-11-16(2)3)33-15-22(30)17-5-8-19(26)9-6-17/h5-10,14,16H,4,11-13,15H2,1-3H3,(H,27,31). The van der Waals surface area contributed by atoms with Crippen LogP contribution in [0.25, 0.3) is 10.9 Å². The molecule has 2 aromatic carbocycles. The molecule has 0 bridgehead atoms. The highest BCUT2D eigenvalue weighted by molar-refractivity contribution is 7.99. The van der Waals surface area contributed by atoms with Crippen molar-refractivity contribution in [3.8, 4) is 0 Å². The average molecular weight is 486 g/mol. The summed E-state index contributed by atoms with van der Waals surface area (Å²) in [5, 5.41) is 4.34. The molecule has 0 spiro atoms. The molecule has 1 amide bonds. The van der Waals surface area contributed by atoms with Crippen LogP contribution in [-0.4, -0.2) is 33.5 Å². The number of benzene rings is 2. The predicted octanol–water partition coefficient (Wildman–Crippen LogP) is 5.21. The second-order valence-corrected chi connectivity index (χ2v) is 9.62. The Morgan fingerprint density at radius 1 is 1.12 bits per heavy atom. The molecule has 6 nitrogen and oxygen atoms in total. The number of aromatic nitrogens is 2. The lowest BCUT2D eigenvalue weighted by molar-refractivity contribution is 0.0953. The minimum absolute atomic E-state index is 0.0749. The van der Waals surface area contributed by atoms with E-state index >= 15 is 0 Å². The van der Waals surface area contributed by atoms with E-state index in [0.29, 0.717) is 51.2 Å². The zero-order valence-corrected chi connectivity index (χ0v) is 20.6. The van der Waals surface area contributed by atoms with Gasteiger partial charge in [-0.3, -0.25) is 19.0 Å². The molecule has 1 aromatic heterocycles. The summed E-state index contributed by atoms with van der Waals surface area (Å²) < 4.78 is 1.64. The van der Waals surface area contributed by atoms with Crippen molar-refractivity contribution in [3.63, 3.8) is 0 Å². The number of carbonyl (C=O) groups is 2. The smallest absolute Gasteiger partial charge is 0.262 e. The maximum atomic E-state index is 13.3. The van der Waals surface area contributed by atoms with Gasteiger partial charge in [0.1, 0.15) is 0 Å². The molecule has 0 unspecified atom stereocenters. The maximum Gasteiger partial charge on any atom is 0.262 e. The summed E-state index contributed by atoms with van der Waals surface area (Å²) in [6.45, 7) is 7.26. The Labute approximate surface area is 202 Å². The van der Waals surface area contributed by atoms with Gasteiger partial charge in [-0.15, -0.1) is 0 Å². The van der Waals surface area contributed by atoms with Gasteiger partial charge in [0.25, 0.3) is 11.5 Å². The van der Waals surface area contributed by atoms with Crippen molar-refractivity contribution in [1.29, 1.82) is 0 Å². The largest absolute Gasteiger partial charge is 0.352 e. The lowest BCUT2D eigenvalue weighted by Crippen LogP contribution is -2.26. The van der Waals surface area contributed by atoms with E-state index in [1.807, 2.05) is 6.92 Å². The Hall–Kier alpha value is -2.64. The van der Waals surface area contributed by atoms with Gasteiger partial charge in [-0.2, -0.15) is 0 Å². The minimum atomic E-state index is -0.198. The number of Topliss-reactive ketones (excluding diaryl/α,β-unsaturated/α-hetero) is 1. The number of nitrogens with one attached hydrogen (secondary N) is 1. The van der Waals surface area contributed by atoms with Gasteiger partial charge in [0, 0.05) is 29.2 Å². The number of hydrogen-bond acceptors (Lipinski definition) is 5. The molecule has 1 heterocycles. The van der Waals surface area contributed by atoms with Crippen molar-refractivity contribution in [2.45, 2.75) is 45.3 Å². The van der Waals surface area contributed by atoms with E-state index < -0.39 is 0 Å². The molecule has 174 valence electrons. The molecule has 0 aliphatic carbocycles. The van der Waals surface area contributed by atoms with Gasteiger partial charge >= 0.3 is 0 Å². The van der Waals surface area contributed by atoms with E-state index in [9.17, 15) is 14.4 Å². The topological polar surface area (TPSA) is 81.1 Å². The van der Waals surface area contributed by atoms with Gasteiger partial charge in [-0.1, -0.05) is 44.1 Å². The molecule has 0 saturated carbocycles. The number of amides is 1. The quantitative estimate of drug-likeness (QED) is 0.242. The van der Waals surface area contributed by atoms with Crippen molar-refractivity contribution < 1.29 is 9.59 Å². The number of thioether (sulfide) groups is 1. The highest BCUT2D eigenvalue weighted by Gasteiger charge is 2.16. The van der Waals surface area contributed by atoms with Crippen LogP contribution in [0.1, 0.15) is 54.3 Å². The Morgan fingerprint density at radius 3 is 2.48 bits per heavy atom. The highest BCUT2D eigenvalue weighted by atomic mass is 35.5. The van der Waals surface area contributed by atoms with Crippen LogP contribution in [0.2, 0.25) is 5.02 Å². The maximum absolute atomic E-state index is 13.3. The lowest BCUT2D eigenvalue weighted by Gasteiger charge is -2.14. The Kier molecular flexibility index (Phi) is 8.69. The summed E-state index contributed by atoms with van der Waals surface area (Å²) in [4.78, 5) is 43.0. The number of nitrogens with zero attached hydrogens (tertiary/aromatic N) is 2. The van der Waals surface area contributed by atoms with Gasteiger partial charge in [0.2, 0.25) is 0 Å². The number of ketones is 1. The van der Waals surface area contributed by atoms with Crippen LogP contribution in [0.5, 0.6) is 0 Å². The van der Waals surface area contributed by atoms with Crippen LogP contribution in [0, 0.1) is 5.92 Å². The van der Waals surface area contributed by atoms with Crippen LogP contribution < -0.4 is 10.9 Å². The minimum Gasteiger partial charge on any atom is -0.352 e.